The van der Waals surface area contributed by atoms with E-state index in [0.717, 1.165) is 22.7 Å². The lowest BCUT2D eigenvalue weighted by molar-refractivity contribution is 0.102. The molecule has 0 radical (unpaired) electrons. The van der Waals surface area contributed by atoms with Crippen LogP contribution in [0.1, 0.15) is 28.5 Å². The zero-order chi connectivity index (χ0) is 20.4. The Morgan fingerprint density at radius 2 is 1.93 bits per heavy atom. The number of hydrogen-bond donors (Lipinski definition) is 1. The Kier molecular flexibility index (Phi) is 5.35. The molecule has 8 heteroatoms. The van der Waals surface area contributed by atoms with Crippen LogP contribution in [0.2, 0.25) is 0 Å². The lowest BCUT2D eigenvalue weighted by atomic mass is 10.2. The van der Waals surface area contributed by atoms with Gasteiger partial charge in [0.15, 0.2) is 0 Å². The second-order valence-electron chi connectivity index (χ2n) is 6.50. The molecule has 1 atom stereocenters. The van der Waals surface area contributed by atoms with Crippen LogP contribution in [0.5, 0.6) is 11.5 Å². The summed E-state index contributed by atoms with van der Waals surface area (Å²) in [5.74, 6) is 2.23. The minimum Gasteiger partial charge on any atom is -0.497 e. The molecule has 0 spiro atoms. The summed E-state index contributed by atoms with van der Waals surface area (Å²) in [4.78, 5) is 13.0. The number of aromatic nitrogens is 2. The fourth-order valence-corrected chi connectivity index (χ4v) is 4.54. The highest BCUT2D eigenvalue weighted by molar-refractivity contribution is 7.83. The van der Waals surface area contributed by atoms with Crippen molar-refractivity contribution < 1.29 is 18.5 Å². The molecule has 3 aromatic rings. The summed E-state index contributed by atoms with van der Waals surface area (Å²) in [6.07, 6.45) is 0. The minimum atomic E-state index is -1.01. The van der Waals surface area contributed by atoms with Crippen LogP contribution in [0, 0.1) is 0 Å². The Morgan fingerprint density at radius 1 is 1.17 bits per heavy atom. The van der Waals surface area contributed by atoms with Crippen molar-refractivity contribution in [2.45, 2.75) is 18.4 Å². The van der Waals surface area contributed by atoms with Gasteiger partial charge in [0.2, 0.25) is 0 Å². The van der Waals surface area contributed by atoms with E-state index in [1.807, 2.05) is 37.3 Å². The molecule has 0 unspecified atom stereocenters. The van der Waals surface area contributed by atoms with Gasteiger partial charge in [0, 0.05) is 16.4 Å². The second-order valence-corrected chi connectivity index (χ2v) is 7.95. The molecular formula is C21H21N3O4S. The first-order valence-electron chi connectivity index (χ1n) is 9.24. The number of amides is 1. The molecule has 150 valence electrons. The predicted molar refractivity (Wildman–Crippen MR) is 111 cm³/mol. The van der Waals surface area contributed by atoms with E-state index in [0.29, 0.717) is 35.2 Å². The number of benzene rings is 2. The maximum atomic E-state index is 13.0. The molecule has 1 amide bonds. The Bertz CT molecular complexity index is 1080. The number of anilines is 1. The standard InChI is InChI=1S/C21H21N3O4S/c1-3-28-19-7-5-4-6-16(19)21(25)22-20-17-12-29(26)13-18(17)23-24(20)14-8-10-15(27-2)11-9-14/h4-11H,3,12-13H2,1-2H3,(H,22,25)/t29-/m1/s1. The van der Waals surface area contributed by atoms with Crippen molar-refractivity contribution in [3.63, 3.8) is 0 Å². The van der Waals surface area contributed by atoms with Gasteiger partial charge in [0.25, 0.3) is 5.91 Å². The number of ether oxygens (including phenoxy) is 2. The molecule has 29 heavy (non-hydrogen) atoms. The zero-order valence-electron chi connectivity index (χ0n) is 16.2. The zero-order valence-corrected chi connectivity index (χ0v) is 17.0. The molecule has 2 heterocycles. The van der Waals surface area contributed by atoms with Gasteiger partial charge < -0.3 is 14.8 Å². The van der Waals surface area contributed by atoms with Crippen molar-refractivity contribution >= 4 is 22.5 Å². The number of para-hydroxylation sites is 1. The quantitative estimate of drug-likeness (QED) is 0.673. The third-order valence-corrected chi connectivity index (χ3v) is 5.86. The van der Waals surface area contributed by atoms with Gasteiger partial charge in [-0.3, -0.25) is 9.00 Å². The van der Waals surface area contributed by atoms with Crippen LogP contribution < -0.4 is 14.8 Å². The normalized spacial score (nSPS) is 15.0. The van der Waals surface area contributed by atoms with E-state index in [-0.39, 0.29) is 5.91 Å². The topological polar surface area (TPSA) is 82.4 Å². The summed E-state index contributed by atoms with van der Waals surface area (Å²) in [5, 5.41) is 7.58. The van der Waals surface area contributed by atoms with Crippen LogP contribution in [-0.2, 0) is 22.3 Å². The predicted octanol–water partition coefficient (Wildman–Crippen LogP) is 3.29. The van der Waals surface area contributed by atoms with Crippen molar-refractivity contribution in [1.82, 2.24) is 9.78 Å². The fourth-order valence-electron chi connectivity index (χ4n) is 3.28. The fraction of sp³-hybridized carbons (Fsp3) is 0.238. The SMILES string of the molecule is CCOc1ccccc1C(=O)Nc1c2c(nn1-c1ccc(OC)cc1)C[S@](=O)C2. The van der Waals surface area contributed by atoms with E-state index < -0.39 is 10.8 Å². The number of carbonyl (C=O) groups is 1. The summed E-state index contributed by atoms with van der Waals surface area (Å²) in [5.41, 5.74) is 2.76. The summed E-state index contributed by atoms with van der Waals surface area (Å²) < 4.78 is 24.5. The molecule has 0 fully saturated rings. The minimum absolute atomic E-state index is 0.302. The van der Waals surface area contributed by atoms with Crippen LogP contribution in [0.15, 0.2) is 48.5 Å². The van der Waals surface area contributed by atoms with E-state index in [9.17, 15) is 9.00 Å². The third kappa shape index (κ3) is 3.75. The molecule has 1 aliphatic heterocycles. The van der Waals surface area contributed by atoms with E-state index >= 15 is 0 Å². The molecule has 0 bridgehead atoms. The van der Waals surface area contributed by atoms with Crippen molar-refractivity contribution in [3.05, 3.63) is 65.4 Å². The van der Waals surface area contributed by atoms with Crippen molar-refractivity contribution in [3.8, 4) is 17.2 Å². The highest BCUT2D eigenvalue weighted by atomic mass is 32.2. The number of hydrogen-bond acceptors (Lipinski definition) is 5. The van der Waals surface area contributed by atoms with Gasteiger partial charge in [-0.15, -0.1) is 0 Å². The number of rotatable bonds is 6. The maximum absolute atomic E-state index is 13.0. The Morgan fingerprint density at radius 3 is 2.66 bits per heavy atom. The smallest absolute Gasteiger partial charge is 0.260 e. The highest BCUT2D eigenvalue weighted by Gasteiger charge is 2.29. The Hall–Kier alpha value is -3.13. The summed E-state index contributed by atoms with van der Waals surface area (Å²) in [6, 6.07) is 14.5. The van der Waals surface area contributed by atoms with E-state index in [4.69, 9.17) is 9.47 Å². The Balaban J connectivity index is 1.73. The van der Waals surface area contributed by atoms with Crippen LogP contribution in [0.25, 0.3) is 5.69 Å². The molecule has 4 rings (SSSR count). The average molecular weight is 411 g/mol. The number of methoxy groups -OCH3 is 1. The molecule has 1 N–H and O–H groups in total. The highest BCUT2D eigenvalue weighted by Crippen LogP contribution is 2.32. The van der Waals surface area contributed by atoms with Gasteiger partial charge in [0.1, 0.15) is 17.3 Å². The van der Waals surface area contributed by atoms with Gasteiger partial charge in [-0.05, 0) is 43.3 Å². The lowest BCUT2D eigenvalue weighted by Gasteiger charge is -2.13. The monoisotopic (exact) mass is 411 g/mol. The van der Waals surface area contributed by atoms with Gasteiger partial charge in [-0.25, -0.2) is 4.68 Å². The second kappa shape index (κ2) is 8.08. The molecule has 0 saturated heterocycles. The molecule has 1 aromatic heterocycles. The van der Waals surface area contributed by atoms with E-state index in [1.54, 1.807) is 30.0 Å². The largest absolute Gasteiger partial charge is 0.497 e. The van der Waals surface area contributed by atoms with Gasteiger partial charge >= 0.3 is 0 Å². The first-order chi connectivity index (χ1) is 14.1. The van der Waals surface area contributed by atoms with Crippen molar-refractivity contribution in [1.29, 1.82) is 0 Å². The molecule has 7 nitrogen and oxygen atoms in total. The number of fused-ring (bicyclic) bond motifs is 1. The van der Waals surface area contributed by atoms with Crippen LogP contribution in [0.3, 0.4) is 0 Å². The first-order valence-corrected chi connectivity index (χ1v) is 10.7. The number of nitrogens with zero attached hydrogens (tertiary/aromatic N) is 2. The Labute approximate surface area is 171 Å². The summed E-state index contributed by atoms with van der Waals surface area (Å²) >= 11 is 0. The maximum Gasteiger partial charge on any atom is 0.260 e. The van der Waals surface area contributed by atoms with Gasteiger partial charge in [-0.2, -0.15) is 5.10 Å². The van der Waals surface area contributed by atoms with Gasteiger partial charge in [-0.1, -0.05) is 12.1 Å². The molecular weight excluding hydrogens is 390 g/mol. The lowest BCUT2D eigenvalue weighted by Crippen LogP contribution is -2.17. The van der Waals surface area contributed by atoms with Gasteiger partial charge in [0.05, 0.1) is 42.2 Å². The van der Waals surface area contributed by atoms with Crippen LogP contribution >= 0.6 is 0 Å². The van der Waals surface area contributed by atoms with Crippen LogP contribution in [-0.4, -0.2) is 33.6 Å². The average Bonchev–Trinajstić information content (AvgIpc) is 3.25. The third-order valence-electron chi connectivity index (χ3n) is 4.65. The van der Waals surface area contributed by atoms with Crippen molar-refractivity contribution in [2.75, 3.05) is 19.0 Å². The number of nitrogens with one attached hydrogen (secondary N) is 1. The van der Waals surface area contributed by atoms with Crippen molar-refractivity contribution in [2.24, 2.45) is 0 Å². The van der Waals surface area contributed by atoms with E-state index in [2.05, 4.69) is 10.4 Å². The molecule has 0 aliphatic carbocycles. The molecule has 2 aromatic carbocycles. The van der Waals surface area contributed by atoms with Crippen LogP contribution in [0.4, 0.5) is 5.82 Å². The first kappa shape index (κ1) is 19.2. The summed E-state index contributed by atoms with van der Waals surface area (Å²) in [7, 11) is 0.599. The molecule has 1 aliphatic rings. The summed E-state index contributed by atoms with van der Waals surface area (Å²) in [6.45, 7) is 2.33. The number of carbonyl (C=O) groups excluding carboxylic acids is 1. The molecule has 0 saturated carbocycles. The van der Waals surface area contributed by atoms with E-state index in [1.165, 1.54) is 0 Å².